The second-order valence-corrected chi connectivity index (χ2v) is 8.62. The highest BCUT2D eigenvalue weighted by molar-refractivity contribution is 7.88. The summed E-state index contributed by atoms with van der Waals surface area (Å²) in [6, 6.07) is 14.3. The van der Waals surface area contributed by atoms with Gasteiger partial charge in [0.1, 0.15) is 5.75 Å². The lowest BCUT2D eigenvalue weighted by Gasteiger charge is -2.26. The molecule has 8 heteroatoms. The Morgan fingerprint density at radius 2 is 1.72 bits per heavy atom. The zero-order chi connectivity index (χ0) is 20.7. The monoisotopic (exact) mass is 418 g/mol. The van der Waals surface area contributed by atoms with E-state index in [-0.39, 0.29) is 18.2 Å². The Balaban J connectivity index is 1.70. The average Bonchev–Trinajstić information content (AvgIpc) is 2.74. The van der Waals surface area contributed by atoms with Gasteiger partial charge in [0.2, 0.25) is 10.0 Å². The van der Waals surface area contributed by atoms with Gasteiger partial charge in [0.15, 0.2) is 0 Å². The number of morpholine rings is 1. The van der Waals surface area contributed by atoms with Gasteiger partial charge in [-0.05, 0) is 30.2 Å². The van der Waals surface area contributed by atoms with E-state index >= 15 is 0 Å². The van der Waals surface area contributed by atoms with E-state index < -0.39 is 10.0 Å². The van der Waals surface area contributed by atoms with Crippen LogP contribution in [0.1, 0.15) is 28.4 Å². The molecule has 1 amide bonds. The van der Waals surface area contributed by atoms with E-state index in [0.29, 0.717) is 49.8 Å². The van der Waals surface area contributed by atoms with Gasteiger partial charge in [-0.25, -0.2) is 8.42 Å². The second-order valence-electron chi connectivity index (χ2n) is 6.65. The predicted octanol–water partition coefficient (Wildman–Crippen LogP) is 2.18. The number of ether oxygens (including phenoxy) is 2. The maximum Gasteiger partial charge on any atom is 0.255 e. The number of para-hydroxylation sites is 1. The molecular formula is C21H26N2O5S. The molecule has 156 valence electrons. The molecule has 0 unspecified atom stereocenters. The Hall–Kier alpha value is -2.42. The van der Waals surface area contributed by atoms with Crippen LogP contribution in [-0.2, 0) is 27.1 Å². The normalized spacial score (nSPS) is 15.1. The average molecular weight is 419 g/mol. The summed E-state index contributed by atoms with van der Waals surface area (Å²) in [5.41, 5.74) is 1.90. The molecule has 1 heterocycles. The number of carbonyl (C=O) groups is 1. The van der Waals surface area contributed by atoms with Gasteiger partial charge in [0.05, 0.1) is 31.1 Å². The summed E-state index contributed by atoms with van der Waals surface area (Å²) < 4.78 is 37.7. The van der Waals surface area contributed by atoms with Gasteiger partial charge < -0.3 is 14.8 Å². The Bertz CT molecular complexity index is 940. The first-order chi connectivity index (χ1) is 14.0. The van der Waals surface area contributed by atoms with Crippen molar-refractivity contribution in [3.8, 4) is 5.75 Å². The van der Waals surface area contributed by atoms with Gasteiger partial charge in [-0.15, -0.1) is 0 Å². The van der Waals surface area contributed by atoms with Gasteiger partial charge in [-0.2, -0.15) is 4.31 Å². The number of hydrogen-bond donors (Lipinski definition) is 1. The molecule has 7 nitrogen and oxygen atoms in total. The molecule has 1 saturated heterocycles. The van der Waals surface area contributed by atoms with Crippen LogP contribution in [-0.4, -0.2) is 51.5 Å². The van der Waals surface area contributed by atoms with E-state index in [2.05, 4.69) is 5.32 Å². The molecule has 1 N–H and O–H groups in total. The fraction of sp³-hybridized carbons (Fsp3) is 0.381. The highest BCUT2D eigenvalue weighted by atomic mass is 32.2. The molecule has 0 spiro atoms. The Morgan fingerprint density at radius 1 is 1.07 bits per heavy atom. The number of nitrogens with one attached hydrogen (secondary N) is 1. The second kappa shape index (κ2) is 9.87. The van der Waals surface area contributed by atoms with Crippen LogP contribution in [0, 0.1) is 0 Å². The number of carbonyl (C=O) groups excluding carboxylic acids is 1. The lowest BCUT2D eigenvalue weighted by atomic mass is 10.1. The van der Waals surface area contributed by atoms with Crippen molar-refractivity contribution in [3.63, 3.8) is 0 Å². The van der Waals surface area contributed by atoms with Crippen LogP contribution < -0.4 is 10.1 Å². The van der Waals surface area contributed by atoms with Crippen LogP contribution in [0.4, 0.5) is 0 Å². The third-order valence-electron chi connectivity index (χ3n) is 4.69. The molecule has 0 radical (unpaired) electrons. The molecule has 1 fully saturated rings. The number of nitrogens with zero attached hydrogens (tertiary/aromatic N) is 1. The van der Waals surface area contributed by atoms with Crippen molar-refractivity contribution in [2.75, 3.05) is 32.9 Å². The Morgan fingerprint density at radius 3 is 2.45 bits per heavy atom. The number of amides is 1. The van der Waals surface area contributed by atoms with Crippen molar-refractivity contribution in [2.24, 2.45) is 0 Å². The lowest BCUT2D eigenvalue weighted by molar-refractivity contribution is 0.0729. The predicted molar refractivity (Wildman–Crippen MR) is 110 cm³/mol. The summed E-state index contributed by atoms with van der Waals surface area (Å²) in [6.07, 6.45) is 0. The zero-order valence-corrected chi connectivity index (χ0v) is 17.3. The van der Waals surface area contributed by atoms with Crippen molar-refractivity contribution in [2.45, 2.75) is 19.2 Å². The van der Waals surface area contributed by atoms with Crippen LogP contribution in [0.25, 0.3) is 0 Å². The van der Waals surface area contributed by atoms with E-state index in [1.165, 1.54) is 4.31 Å². The minimum Gasteiger partial charge on any atom is -0.493 e. The summed E-state index contributed by atoms with van der Waals surface area (Å²) in [6.45, 7) is 4.12. The van der Waals surface area contributed by atoms with Crippen molar-refractivity contribution in [3.05, 3.63) is 65.2 Å². The molecular weight excluding hydrogens is 392 g/mol. The van der Waals surface area contributed by atoms with Crippen LogP contribution in [0.3, 0.4) is 0 Å². The molecule has 0 saturated carbocycles. The number of hydrogen-bond acceptors (Lipinski definition) is 5. The molecule has 2 aromatic rings. The highest BCUT2D eigenvalue weighted by Crippen LogP contribution is 2.19. The minimum atomic E-state index is -3.44. The molecule has 29 heavy (non-hydrogen) atoms. The maximum absolute atomic E-state index is 12.7. The van der Waals surface area contributed by atoms with Gasteiger partial charge in [0.25, 0.3) is 5.91 Å². The summed E-state index contributed by atoms with van der Waals surface area (Å²) in [4.78, 5) is 12.6. The van der Waals surface area contributed by atoms with Gasteiger partial charge in [0, 0.05) is 19.6 Å². The molecule has 3 rings (SSSR count). The van der Waals surface area contributed by atoms with E-state index in [1.807, 2.05) is 25.1 Å². The summed E-state index contributed by atoms with van der Waals surface area (Å²) in [5.74, 6) is 0.157. The summed E-state index contributed by atoms with van der Waals surface area (Å²) >= 11 is 0. The molecule has 1 aliphatic heterocycles. The SMILES string of the molecule is CCOc1ccccc1C(=O)NCc1ccccc1CS(=O)(=O)N1CCOCC1. The summed E-state index contributed by atoms with van der Waals surface area (Å²) in [5, 5.41) is 2.87. The zero-order valence-electron chi connectivity index (χ0n) is 16.5. The van der Waals surface area contributed by atoms with E-state index in [1.54, 1.807) is 30.3 Å². The van der Waals surface area contributed by atoms with E-state index in [4.69, 9.17) is 9.47 Å². The Labute approximate surface area is 171 Å². The van der Waals surface area contributed by atoms with E-state index in [9.17, 15) is 13.2 Å². The van der Waals surface area contributed by atoms with Crippen molar-refractivity contribution >= 4 is 15.9 Å². The number of sulfonamides is 1. The molecule has 0 aromatic heterocycles. The highest BCUT2D eigenvalue weighted by Gasteiger charge is 2.25. The fourth-order valence-electron chi connectivity index (χ4n) is 3.19. The van der Waals surface area contributed by atoms with Crippen molar-refractivity contribution in [1.29, 1.82) is 0 Å². The van der Waals surface area contributed by atoms with Gasteiger partial charge >= 0.3 is 0 Å². The standard InChI is InChI=1S/C21H26N2O5S/c1-2-28-20-10-6-5-9-19(20)21(24)22-15-17-7-3-4-8-18(17)16-29(25,26)23-11-13-27-14-12-23/h3-10H,2,11-16H2,1H3,(H,22,24). The van der Waals surface area contributed by atoms with Gasteiger partial charge in [-0.3, -0.25) is 4.79 Å². The van der Waals surface area contributed by atoms with Crippen LogP contribution in [0.2, 0.25) is 0 Å². The first kappa shape index (κ1) is 21.3. The van der Waals surface area contributed by atoms with Crippen molar-refractivity contribution < 1.29 is 22.7 Å². The Kier molecular flexibility index (Phi) is 7.24. The number of benzene rings is 2. The van der Waals surface area contributed by atoms with Gasteiger partial charge in [-0.1, -0.05) is 36.4 Å². The molecule has 2 aromatic carbocycles. The molecule has 0 atom stereocenters. The fourth-order valence-corrected chi connectivity index (χ4v) is 4.75. The quantitative estimate of drug-likeness (QED) is 0.710. The van der Waals surface area contributed by atoms with Crippen molar-refractivity contribution in [1.82, 2.24) is 9.62 Å². The summed E-state index contributed by atoms with van der Waals surface area (Å²) in [7, 11) is -3.44. The first-order valence-electron chi connectivity index (χ1n) is 9.63. The van der Waals surface area contributed by atoms with Crippen LogP contribution in [0.5, 0.6) is 5.75 Å². The topological polar surface area (TPSA) is 84.9 Å². The third kappa shape index (κ3) is 5.56. The third-order valence-corrected chi connectivity index (χ3v) is 6.52. The first-order valence-corrected chi connectivity index (χ1v) is 11.2. The largest absolute Gasteiger partial charge is 0.493 e. The lowest BCUT2D eigenvalue weighted by Crippen LogP contribution is -2.41. The number of rotatable bonds is 8. The molecule has 1 aliphatic rings. The maximum atomic E-state index is 12.7. The van der Waals surface area contributed by atoms with E-state index in [0.717, 1.165) is 5.56 Å². The van der Waals surface area contributed by atoms with Crippen LogP contribution in [0.15, 0.2) is 48.5 Å². The molecule has 0 bridgehead atoms. The molecule has 0 aliphatic carbocycles. The smallest absolute Gasteiger partial charge is 0.255 e. The minimum absolute atomic E-state index is 0.103. The van der Waals surface area contributed by atoms with Crippen LogP contribution >= 0.6 is 0 Å².